The number of aldehydes is 1. The number of rotatable bonds is 4. The zero-order chi connectivity index (χ0) is 14.6. The molecule has 1 heterocycles. The Kier molecular flexibility index (Phi) is 4.17. The molecule has 0 saturated carbocycles. The van der Waals surface area contributed by atoms with Gasteiger partial charge in [0.2, 0.25) is 0 Å². The van der Waals surface area contributed by atoms with Gasteiger partial charge in [-0.25, -0.2) is 0 Å². The summed E-state index contributed by atoms with van der Waals surface area (Å²) < 4.78 is 37.7. The molecule has 20 heavy (non-hydrogen) atoms. The zero-order valence-corrected chi connectivity index (χ0v) is 10.5. The number of nitrogens with zero attached hydrogens (tertiary/aromatic N) is 1. The molecule has 0 spiro atoms. The van der Waals surface area contributed by atoms with Crippen molar-refractivity contribution in [3.63, 3.8) is 0 Å². The van der Waals surface area contributed by atoms with Crippen LogP contribution in [-0.4, -0.2) is 11.3 Å². The number of pyridine rings is 1. The molecule has 0 unspecified atom stereocenters. The second-order valence-corrected chi connectivity index (χ2v) is 4.44. The van der Waals surface area contributed by atoms with Crippen molar-refractivity contribution in [1.29, 1.82) is 0 Å². The average molecular weight is 279 g/mol. The maximum atomic E-state index is 12.6. The van der Waals surface area contributed by atoms with Crippen LogP contribution in [0.5, 0.6) is 0 Å². The van der Waals surface area contributed by atoms with E-state index >= 15 is 0 Å². The van der Waals surface area contributed by atoms with E-state index in [1.807, 2.05) is 6.07 Å². The molecule has 0 aliphatic rings. The topological polar surface area (TPSA) is 30.0 Å². The number of benzene rings is 1. The maximum absolute atomic E-state index is 12.6. The lowest BCUT2D eigenvalue weighted by atomic mass is 10.0. The summed E-state index contributed by atoms with van der Waals surface area (Å²) in [6.07, 6.45) is -0.380. The van der Waals surface area contributed by atoms with Gasteiger partial charge in [0, 0.05) is 18.0 Å². The number of hydrogen-bond acceptors (Lipinski definition) is 2. The minimum absolute atomic E-state index is 0.444. The van der Waals surface area contributed by atoms with E-state index in [2.05, 4.69) is 4.98 Å². The Morgan fingerprint density at radius 2 is 1.80 bits per heavy atom. The van der Waals surface area contributed by atoms with Gasteiger partial charge >= 0.3 is 6.18 Å². The summed E-state index contributed by atoms with van der Waals surface area (Å²) in [5.41, 5.74) is 1.25. The molecule has 2 aromatic rings. The van der Waals surface area contributed by atoms with Crippen LogP contribution in [0.25, 0.3) is 0 Å². The molecular formula is C15H12F3NO. The van der Waals surface area contributed by atoms with Gasteiger partial charge in [0.1, 0.15) is 6.29 Å². The van der Waals surface area contributed by atoms with Gasteiger partial charge in [-0.2, -0.15) is 13.2 Å². The van der Waals surface area contributed by atoms with E-state index in [4.69, 9.17) is 0 Å². The van der Waals surface area contributed by atoms with Gasteiger partial charge in [-0.15, -0.1) is 0 Å². The number of carbonyl (C=O) groups excluding carboxylic acids is 1. The molecule has 104 valence electrons. The monoisotopic (exact) mass is 279 g/mol. The van der Waals surface area contributed by atoms with Crippen LogP contribution in [0, 0.1) is 0 Å². The van der Waals surface area contributed by atoms with E-state index in [-0.39, 0.29) is 0 Å². The van der Waals surface area contributed by atoms with Crippen LogP contribution in [0.2, 0.25) is 0 Å². The normalized spacial score (nSPS) is 11.3. The van der Waals surface area contributed by atoms with Crippen molar-refractivity contribution in [1.82, 2.24) is 4.98 Å². The zero-order valence-electron chi connectivity index (χ0n) is 10.5. The molecule has 0 aliphatic carbocycles. The number of alkyl halides is 3. The fourth-order valence-corrected chi connectivity index (χ4v) is 1.89. The van der Waals surface area contributed by atoms with E-state index in [0.29, 0.717) is 24.0 Å². The lowest BCUT2D eigenvalue weighted by molar-refractivity contribution is -0.137. The van der Waals surface area contributed by atoms with Crippen molar-refractivity contribution in [2.24, 2.45) is 0 Å². The lowest BCUT2D eigenvalue weighted by Gasteiger charge is -2.08. The summed E-state index contributed by atoms with van der Waals surface area (Å²) in [5, 5.41) is 0. The van der Waals surface area contributed by atoms with Crippen LogP contribution in [0.15, 0.2) is 42.7 Å². The van der Waals surface area contributed by atoms with Crippen LogP contribution in [0.1, 0.15) is 27.0 Å². The average Bonchev–Trinajstić information content (AvgIpc) is 2.45. The van der Waals surface area contributed by atoms with Gasteiger partial charge in [-0.05, 0) is 36.1 Å². The van der Waals surface area contributed by atoms with Gasteiger partial charge in [-0.3, -0.25) is 9.78 Å². The van der Waals surface area contributed by atoms with Crippen LogP contribution >= 0.6 is 0 Å². The predicted molar refractivity (Wildman–Crippen MR) is 68.5 cm³/mol. The summed E-state index contributed by atoms with van der Waals surface area (Å²) in [6.45, 7) is 0. The molecule has 0 N–H and O–H groups in total. The third-order valence-electron chi connectivity index (χ3n) is 2.91. The number of hydrogen-bond donors (Lipinski definition) is 0. The fraction of sp³-hybridized carbons (Fsp3) is 0.200. The van der Waals surface area contributed by atoms with Crippen molar-refractivity contribution in [2.75, 3.05) is 0 Å². The standard InChI is InChI=1S/C15H12F3NO/c16-15(17,18)14-7-12(8-19-9-14)5-4-11-2-1-3-13(6-11)10-20/h1-3,6-10H,4-5H2. The Bertz CT molecular complexity index is 608. The van der Waals surface area contributed by atoms with E-state index in [9.17, 15) is 18.0 Å². The highest BCUT2D eigenvalue weighted by Crippen LogP contribution is 2.29. The number of halogens is 3. The highest BCUT2D eigenvalue weighted by molar-refractivity contribution is 5.74. The molecule has 0 saturated heterocycles. The van der Waals surface area contributed by atoms with Crippen molar-refractivity contribution < 1.29 is 18.0 Å². The first-order valence-electron chi connectivity index (χ1n) is 6.04. The summed E-state index contributed by atoms with van der Waals surface area (Å²) in [7, 11) is 0. The molecule has 0 amide bonds. The lowest BCUT2D eigenvalue weighted by Crippen LogP contribution is -2.06. The third kappa shape index (κ3) is 3.66. The molecule has 2 nitrogen and oxygen atoms in total. The smallest absolute Gasteiger partial charge is 0.298 e. The minimum atomic E-state index is -4.37. The van der Waals surface area contributed by atoms with E-state index in [1.54, 1.807) is 18.2 Å². The Morgan fingerprint density at radius 3 is 2.50 bits per heavy atom. The summed E-state index contributed by atoms with van der Waals surface area (Å²) in [4.78, 5) is 14.3. The first-order valence-corrected chi connectivity index (χ1v) is 6.04. The van der Waals surface area contributed by atoms with Gasteiger partial charge in [0.05, 0.1) is 5.56 Å². The van der Waals surface area contributed by atoms with Gasteiger partial charge in [0.25, 0.3) is 0 Å². The molecule has 5 heteroatoms. The summed E-state index contributed by atoms with van der Waals surface area (Å²) in [6, 6.07) is 8.12. The maximum Gasteiger partial charge on any atom is 0.417 e. The SMILES string of the molecule is O=Cc1cccc(CCc2cncc(C(F)(F)F)c2)c1. The molecule has 0 atom stereocenters. The number of carbonyl (C=O) groups is 1. The van der Waals surface area contributed by atoms with Gasteiger partial charge in [-0.1, -0.05) is 18.2 Å². The Morgan fingerprint density at radius 1 is 1.05 bits per heavy atom. The molecular weight excluding hydrogens is 267 g/mol. The first kappa shape index (κ1) is 14.2. The quantitative estimate of drug-likeness (QED) is 0.799. The molecule has 0 radical (unpaired) electrons. The third-order valence-corrected chi connectivity index (χ3v) is 2.91. The Labute approximate surface area is 114 Å². The van der Waals surface area contributed by atoms with Crippen LogP contribution in [-0.2, 0) is 19.0 Å². The van der Waals surface area contributed by atoms with Crippen LogP contribution in [0.4, 0.5) is 13.2 Å². The molecule has 0 fully saturated rings. The van der Waals surface area contributed by atoms with Crippen molar-refractivity contribution in [2.45, 2.75) is 19.0 Å². The molecule has 0 bridgehead atoms. The number of aryl methyl sites for hydroxylation is 2. The van der Waals surface area contributed by atoms with Gasteiger partial charge in [0.15, 0.2) is 0 Å². The first-order chi connectivity index (χ1) is 9.49. The summed E-state index contributed by atoms with van der Waals surface area (Å²) in [5.74, 6) is 0. The van der Waals surface area contributed by atoms with Gasteiger partial charge < -0.3 is 0 Å². The second kappa shape index (κ2) is 5.86. The van der Waals surface area contributed by atoms with Crippen molar-refractivity contribution in [3.8, 4) is 0 Å². The number of aromatic nitrogens is 1. The van der Waals surface area contributed by atoms with E-state index < -0.39 is 11.7 Å². The van der Waals surface area contributed by atoms with Crippen molar-refractivity contribution >= 4 is 6.29 Å². The minimum Gasteiger partial charge on any atom is -0.298 e. The molecule has 1 aromatic carbocycles. The Balaban J connectivity index is 2.09. The van der Waals surface area contributed by atoms with E-state index in [0.717, 1.165) is 24.1 Å². The highest BCUT2D eigenvalue weighted by Gasteiger charge is 2.30. The molecule has 1 aromatic heterocycles. The van der Waals surface area contributed by atoms with Crippen LogP contribution in [0.3, 0.4) is 0 Å². The predicted octanol–water partition coefficient (Wildman–Crippen LogP) is 3.70. The second-order valence-electron chi connectivity index (χ2n) is 4.44. The largest absolute Gasteiger partial charge is 0.417 e. The Hall–Kier alpha value is -2.17. The molecule has 2 rings (SSSR count). The van der Waals surface area contributed by atoms with Crippen LogP contribution < -0.4 is 0 Å². The van der Waals surface area contributed by atoms with E-state index in [1.165, 1.54) is 6.20 Å². The van der Waals surface area contributed by atoms with Crippen molar-refractivity contribution in [3.05, 3.63) is 65.0 Å². The fourth-order valence-electron chi connectivity index (χ4n) is 1.89. The summed E-state index contributed by atoms with van der Waals surface area (Å²) >= 11 is 0. The highest BCUT2D eigenvalue weighted by atomic mass is 19.4. The molecule has 0 aliphatic heterocycles.